The maximum Gasteiger partial charge on any atom is 0.311 e. The standard InChI is InChI=1S/C23H24BrN3O7/c1-13-8-16(24)5-6-17(13)25-20(28)12-34-23(31)15-10-21(29)27(11-15)26-22(30)14-4-7-18(32-2)19(9-14)33-3/h4-9,15H,10-12H2,1-3H3,(H,25,28)(H,26,30)/t15-/m1/s1. The summed E-state index contributed by atoms with van der Waals surface area (Å²) in [6, 6.07) is 9.93. The van der Waals surface area contributed by atoms with Gasteiger partial charge < -0.3 is 19.5 Å². The first kappa shape index (κ1) is 25.0. The quantitative estimate of drug-likeness (QED) is 0.499. The van der Waals surface area contributed by atoms with Crippen LogP contribution >= 0.6 is 15.9 Å². The van der Waals surface area contributed by atoms with Crippen molar-refractivity contribution in [3.8, 4) is 11.5 Å². The van der Waals surface area contributed by atoms with Crippen LogP contribution in [0, 0.1) is 12.8 Å². The Hall–Kier alpha value is -3.60. The molecular formula is C23H24BrN3O7. The molecule has 1 aliphatic heterocycles. The van der Waals surface area contributed by atoms with Crippen molar-refractivity contribution in [1.29, 1.82) is 0 Å². The van der Waals surface area contributed by atoms with Gasteiger partial charge in [0.1, 0.15) is 0 Å². The van der Waals surface area contributed by atoms with Crippen molar-refractivity contribution in [3.05, 3.63) is 52.0 Å². The maximum absolute atomic E-state index is 12.6. The van der Waals surface area contributed by atoms with Crippen LogP contribution in [0.2, 0.25) is 0 Å². The van der Waals surface area contributed by atoms with Gasteiger partial charge in [-0.05, 0) is 48.9 Å². The molecule has 0 bridgehead atoms. The highest BCUT2D eigenvalue weighted by atomic mass is 79.9. The molecule has 34 heavy (non-hydrogen) atoms. The summed E-state index contributed by atoms with van der Waals surface area (Å²) < 4.78 is 16.3. The zero-order chi connectivity index (χ0) is 24.8. The van der Waals surface area contributed by atoms with E-state index in [1.807, 2.05) is 13.0 Å². The first-order valence-electron chi connectivity index (χ1n) is 10.3. The van der Waals surface area contributed by atoms with E-state index >= 15 is 0 Å². The lowest BCUT2D eigenvalue weighted by Gasteiger charge is -2.18. The van der Waals surface area contributed by atoms with Gasteiger partial charge in [-0.1, -0.05) is 15.9 Å². The van der Waals surface area contributed by atoms with Crippen LogP contribution in [0.3, 0.4) is 0 Å². The molecule has 0 aromatic heterocycles. The predicted octanol–water partition coefficient (Wildman–Crippen LogP) is 2.45. The number of methoxy groups -OCH3 is 2. The number of halogens is 1. The minimum Gasteiger partial charge on any atom is -0.493 e. The highest BCUT2D eigenvalue weighted by Gasteiger charge is 2.36. The second-order valence-electron chi connectivity index (χ2n) is 7.53. The van der Waals surface area contributed by atoms with Gasteiger partial charge in [0.05, 0.1) is 26.7 Å². The van der Waals surface area contributed by atoms with Crippen LogP contribution < -0.4 is 20.2 Å². The molecule has 0 radical (unpaired) electrons. The van der Waals surface area contributed by atoms with Gasteiger partial charge in [-0.3, -0.25) is 29.6 Å². The fourth-order valence-electron chi connectivity index (χ4n) is 3.35. The Morgan fingerprint density at radius 3 is 2.50 bits per heavy atom. The Bertz CT molecular complexity index is 1120. The third-order valence-electron chi connectivity index (χ3n) is 5.15. The molecule has 1 fully saturated rings. The lowest BCUT2D eigenvalue weighted by molar-refractivity contribution is -0.151. The Kier molecular flexibility index (Phi) is 8.11. The number of hydrogen-bond donors (Lipinski definition) is 2. The van der Waals surface area contributed by atoms with Gasteiger partial charge in [0, 0.05) is 22.1 Å². The van der Waals surface area contributed by atoms with Crippen molar-refractivity contribution >= 4 is 45.3 Å². The van der Waals surface area contributed by atoms with Gasteiger partial charge in [0.15, 0.2) is 18.1 Å². The number of anilines is 1. The SMILES string of the molecule is COc1ccc(C(=O)NN2C[C@H](C(=O)OCC(=O)Nc3ccc(Br)cc3C)CC2=O)cc1OC. The van der Waals surface area contributed by atoms with Crippen molar-refractivity contribution in [2.24, 2.45) is 5.92 Å². The largest absolute Gasteiger partial charge is 0.493 e. The fourth-order valence-corrected chi connectivity index (χ4v) is 3.82. The number of nitrogens with zero attached hydrogens (tertiary/aromatic N) is 1. The average Bonchev–Trinajstić information content (AvgIpc) is 3.18. The molecule has 3 rings (SSSR count). The van der Waals surface area contributed by atoms with Crippen molar-refractivity contribution in [2.75, 3.05) is 32.7 Å². The van der Waals surface area contributed by atoms with Crippen LogP contribution in [0.15, 0.2) is 40.9 Å². The van der Waals surface area contributed by atoms with Gasteiger partial charge in [-0.15, -0.1) is 0 Å². The van der Waals surface area contributed by atoms with Crippen molar-refractivity contribution in [1.82, 2.24) is 10.4 Å². The smallest absolute Gasteiger partial charge is 0.311 e. The van der Waals surface area contributed by atoms with Crippen LogP contribution in [-0.4, -0.2) is 56.1 Å². The fraction of sp³-hybridized carbons (Fsp3) is 0.304. The molecule has 0 spiro atoms. The summed E-state index contributed by atoms with van der Waals surface area (Å²) in [7, 11) is 2.92. The van der Waals surface area contributed by atoms with Crippen molar-refractivity contribution in [2.45, 2.75) is 13.3 Å². The molecule has 3 amide bonds. The normalized spacial score (nSPS) is 15.0. The zero-order valence-corrected chi connectivity index (χ0v) is 20.4. The lowest BCUT2D eigenvalue weighted by Crippen LogP contribution is -2.43. The second kappa shape index (κ2) is 11.0. The number of benzene rings is 2. The van der Waals surface area contributed by atoms with Crippen LogP contribution in [0.4, 0.5) is 5.69 Å². The van der Waals surface area contributed by atoms with Gasteiger partial charge in [0.2, 0.25) is 5.91 Å². The number of hydrogen-bond acceptors (Lipinski definition) is 7. The first-order valence-corrected chi connectivity index (χ1v) is 11.1. The zero-order valence-electron chi connectivity index (χ0n) is 18.8. The highest BCUT2D eigenvalue weighted by molar-refractivity contribution is 9.10. The van der Waals surface area contributed by atoms with Crippen LogP contribution in [0.25, 0.3) is 0 Å². The Balaban J connectivity index is 1.52. The van der Waals surface area contributed by atoms with Gasteiger partial charge >= 0.3 is 5.97 Å². The molecule has 0 aliphatic carbocycles. The molecular weight excluding hydrogens is 510 g/mol. The molecule has 2 N–H and O–H groups in total. The topological polar surface area (TPSA) is 123 Å². The summed E-state index contributed by atoms with van der Waals surface area (Å²) in [5.74, 6) is -2.17. The summed E-state index contributed by atoms with van der Waals surface area (Å²) in [5.41, 5.74) is 4.18. The minimum atomic E-state index is -0.805. The van der Waals surface area contributed by atoms with E-state index in [9.17, 15) is 19.2 Å². The molecule has 1 heterocycles. The molecule has 180 valence electrons. The third kappa shape index (κ3) is 6.04. The predicted molar refractivity (Wildman–Crippen MR) is 125 cm³/mol. The van der Waals surface area contributed by atoms with E-state index in [1.165, 1.54) is 26.4 Å². The molecule has 2 aromatic carbocycles. The van der Waals surface area contributed by atoms with Crippen molar-refractivity contribution in [3.63, 3.8) is 0 Å². The number of carbonyl (C=O) groups excluding carboxylic acids is 4. The van der Waals surface area contributed by atoms with E-state index in [0.29, 0.717) is 17.2 Å². The van der Waals surface area contributed by atoms with Crippen LogP contribution in [0.1, 0.15) is 22.3 Å². The summed E-state index contributed by atoms with van der Waals surface area (Å²) in [4.78, 5) is 49.4. The molecule has 10 nitrogen and oxygen atoms in total. The van der Waals surface area contributed by atoms with Gasteiger partial charge in [-0.25, -0.2) is 0 Å². The molecule has 1 aliphatic rings. The highest BCUT2D eigenvalue weighted by Crippen LogP contribution is 2.28. The van der Waals surface area contributed by atoms with E-state index in [2.05, 4.69) is 26.7 Å². The summed E-state index contributed by atoms with van der Waals surface area (Å²) in [6.07, 6.45) is -0.140. The van der Waals surface area contributed by atoms with E-state index in [0.717, 1.165) is 15.0 Å². The summed E-state index contributed by atoms with van der Waals surface area (Å²) >= 11 is 3.35. The molecule has 0 saturated carbocycles. The van der Waals surface area contributed by atoms with Gasteiger partial charge in [-0.2, -0.15) is 0 Å². The number of amides is 3. The molecule has 11 heteroatoms. The minimum absolute atomic E-state index is 0.0653. The van der Waals surface area contributed by atoms with E-state index in [-0.39, 0.29) is 18.5 Å². The summed E-state index contributed by atoms with van der Waals surface area (Å²) in [6.45, 7) is 1.28. The van der Waals surface area contributed by atoms with Crippen LogP contribution in [-0.2, 0) is 19.1 Å². The monoisotopic (exact) mass is 533 g/mol. The number of carbonyl (C=O) groups is 4. The van der Waals surface area contributed by atoms with E-state index in [4.69, 9.17) is 14.2 Å². The number of aryl methyl sites for hydroxylation is 1. The second-order valence-corrected chi connectivity index (χ2v) is 8.45. The molecule has 1 saturated heterocycles. The summed E-state index contributed by atoms with van der Waals surface area (Å²) in [5, 5.41) is 3.74. The molecule has 1 atom stereocenters. The first-order chi connectivity index (χ1) is 16.2. The average molecular weight is 534 g/mol. The van der Waals surface area contributed by atoms with E-state index < -0.39 is 36.2 Å². The van der Waals surface area contributed by atoms with E-state index in [1.54, 1.807) is 18.2 Å². The number of esters is 1. The number of ether oxygens (including phenoxy) is 3. The Morgan fingerprint density at radius 1 is 1.09 bits per heavy atom. The number of nitrogens with one attached hydrogen (secondary N) is 2. The molecule has 0 unspecified atom stereocenters. The number of rotatable bonds is 8. The Labute approximate surface area is 204 Å². The van der Waals surface area contributed by atoms with Gasteiger partial charge in [0.25, 0.3) is 11.8 Å². The Morgan fingerprint density at radius 2 is 1.82 bits per heavy atom. The number of hydrazine groups is 1. The van der Waals surface area contributed by atoms with Crippen molar-refractivity contribution < 1.29 is 33.4 Å². The van der Waals surface area contributed by atoms with Crippen LogP contribution in [0.5, 0.6) is 11.5 Å². The maximum atomic E-state index is 12.6. The molecule has 2 aromatic rings. The lowest BCUT2D eigenvalue weighted by atomic mass is 10.1. The third-order valence-corrected chi connectivity index (χ3v) is 5.64.